The highest BCUT2D eigenvalue weighted by molar-refractivity contribution is 5.81. The largest absolute Gasteiger partial charge is 0.490 e. The van der Waals surface area contributed by atoms with Crippen molar-refractivity contribution in [3.05, 3.63) is 23.8 Å². The first-order chi connectivity index (χ1) is 14.3. The number of ether oxygens (including phenoxy) is 2. The molecule has 1 aromatic carbocycles. The van der Waals surface area contributed by atoms with Gasteiger partial charge in [0, 0.05) is 31.6 Å². The third-order valence-corrected chi connectivity index (χ3v) is 4.62. The average molecular weight is 427 g/mol. The van der Waals surface area contributed by atoms with Crippen molar-refractivity contribution in [1.82, 2.24) is 15.5 Å². The number of amides is 1. The summed E-state index contributed by atoms with van der Waals surface area (Å²) >= 11 is 0. The molecule has 2 N–H and O–H groups in total. The Bertz CT molecular complexity index is 728. The summed E-state index contributed by atoms with van der Waals surface area (Å²) in [5.74, 6) is 1.07. The molecule has 2 rings (SSSR count). The predicted molar refractivity (Wildman–Crippen MR) is 112 cm³/mol. The van der Waals surface area contributed by atoms with E-state index in [1.807, 2.05) is 25.7 Å². The Labute approximate surface area is 176 Å². The van der Waals surface area contributed by atoms with Crippen molar-refractivity contribution < 1.29 is 23.0 Å². The van der Waals surface area contributed by atoms with Gasteiger partial charge < -0.3 is 25.0 Å². The fourth-order valence-corrected chi connectivity index (χ4v) is 3.24. The minimum atomic E-state index is -2.91. The molecule has 0 saturated carbocycles. The van der Waals surface area contributed by atoms with Crippen molar-refractivity contribution in [3.8, 4) is 11.5 Å². The second-order valence-electron chi connectivity index (χ2n) is 7.36. The molecule has 1 saturated heterocycles. The molecular formula is C21H32F2N4O3. The number of nitrogens with zero attached hydrogens (tertiary/aromatic N) is 2. The van der Waals surface area contributed by atoms with E-state index >= 15 is 0 Å². The second-order valence-corrected chi connectivity index (χ2v) is 7.36. The van der Waals surface area contributed by atoms with Crippen LogP contribution in [0.2, 0.25) is 0 Å². The number of alkyl halides is 2. The Morgan fingerprint density at radius 1 is 1.30 bits per heavy atom. The van der Waals surface area contributed by atoms with E-state index in [0.29, 0.717) is 32.2 Å². The maximum atomic E-state index is 12.6. The molecule has 1 amide bonds. The van der Waals surface area contributed by atoms with Crippen LogP contribution in [0.3, 0.4) is 0 Å². The summed E-state index contributed by atoms with van der Waals surface area (Å²) in [6.45, 7) is 7.40. The Balaban J connectivity index is 2.03. The van der Waals surface area contributed by atoms with Crippen LogP contribution in [-0.2, 0) is 11.3 Å². The molecule has 1 atom stereocenters. The molecule has 30 heavy (non-hydrogen) atoms. The normalized spacial score (nSPS) is 16.9. The van der Waals surface area contributed by atoms with Crippen molar-refractivity contribution in [1.29, 1.82) is 0 Å². The molecule has 0 radical (unpaired) electrons. The van der Waals surface area contributed by atoms with Crippen LogP contribution in [0, 0.1) is 5.92 Å². The molecule has 168 valence electrons. The molecule has 0 aliphatic carbocycles. The highest BCUT2D eigenvalue weighted by Gasteiger charge is 2.27. The number of rotatable bonds is 9. The summed E-state index contributed by atoms with van der Waals surface area (Å²) in [7, 11) is 0. The van der Waals surface area contributed by atoms with Crippen molar-refractivity contribution in [2.24, 2.45) is 10.9 Å². The van der Waals surface area contributed by atoms with Gasteiger partial charge >= 0.3 is 6.61 Å². The molecule has 7 nitrogen and oxygen atoms in total. The number of hydrogen-bond donors (Lipinski definition) is 2. The number of carbonyl (C=O) groups excluding carboxylic acids is 1. The number of carbonyl (C=O) groups is 1. The Morgan fingerprint density at radius 3 is 2.70 bits per heavy atom. The molecule has 1 aromatic rings. The molecule has 0 aromatic heterocycles. The zero-order chi connectivity index (χ0) is 22.1. The summed E-state index contributed by atoms with van der Waals surface area (Å²) in [5, 5.41) is 6.58. The number of aliphatic imine (C=N–C) groups is 1. The van der Waals surface area contributed by atoms with Crippen LogP contribution in [0.5, 0.6) is 11.5 Å². The van der Waals surface area contributed by atoms with Gasteiger partial charge in [0.2, 0.25) is 5.91 Å². The summed E-state index contributed by atoms with van der Waals surface area (Å²) in [4.78, 5) is 18.6. The maximum Gasteiger partial charge on any atom is 0.387 e. The molecule has 1 fully saturated rings. The zero-order valence-electron chi connectivity index (χ0n) is 18.1. The third-order valence-electron chi connectivity index (χ3n) is 4.62. The molecule has 1 heterocycles. The number of likely N-dealkylation sites (tertiary alicyclic amines) is 1. The van der Waals surface area contributed by atoms with Crippen molar-refractivity contribution in [3.63, 3.8) is 0 Å². The van der Waals surface area contributed by atoms with E-state index in [2.05, 4.69) is 20.4 Å². The molecule has 0 spiro atoms. The molecule has 1 unspecified atom stereocenters. The van der Waals surface area contributed by atoms with Crippen molar-refractivity contribution in [2.75, 3.05) is 26.2 Å². The Hall–Kier alpha value is -2.58. The molecule has 0 bridgehead atoms. The lowest BCUT2D eigenvalue weighted by atomic mass is 10.2. The minimum absolute atomic E-state index is 0.00507. The second kappa shape index (κ2) is 11.6. The Kier molecular flexibility index (Phi) is 9.14. The van der Waals surface area contributed by atoms with E-state index in [1.165, 1.54) is 6.07 Å². The molecular weight excluding hydrogens is 394 g/mol. The van der Waals surface area contributed by atoms with Crippen molar-refractivity contribution in [2.45, 2.75) is 53.3 Å². The standard InChI is InChI=1S/C21H32F2N4O3/c1-5-24-21(26-16-9-10-27(13-16)19(28)14(3)4)25-12-15-7-8-17(30-20(22)23)18(11-15)29-6-2/h7-8,11,14,16,20H,5-6,9-10,12-13H2,1-4H3,(H2,24,25,26). The van der Waals surface area contributed by atoms with Crippen molar-refractivity contribution >= 4 is 11.9 Å². The van der Waals surface area contributed by atoms with Gasteiger partial charge in [-0.3, -0.25) is 4.79 Å². The fourth-order valence-electron chi connectivity index (χ4n) is 3.24. The number of halogens is 2. The van der Waals surface area contributed by atoms with E-state index in [9.17, 15) is 13.6 Å². The van der Waals surface area contributed by atoms with Crippen LogP contribution in [0.4, 0.5) is 8.78 Å². The number of nitrogens with one attached hydrogen (secondary N) is 2. The van der Waals surface area contributed by atoms with Gasteiger partial charge in [-0.1, -0.05) is 19.9 Å². The minimum Gasteiger partial charge on any atom is -0.490 e. The summed E-state index contributed by atoms with van der Waals surface area (Å²) in [5.41, 5.74) is 0.806. The van der Waals surface area contributed by atoms with Gasteiger partial charge in [0.05, 0.1) is 13.2 Å². The number of guanidine groups is 1. The first-order valence-electron chi connectivity index (χ1n) is 10.4. The lowest BCUT2D eigenvalue weighted by molar-refractivity contribution is -0.133. The first kappa shape index (κ1) is 23.7. The van der Waals surface area contributed by atoms with E-state index < -0.39 is 6.61 Å². The van der Waals surface area contributed by atoms with E-state index in [1.54, 1.807) is 19.1 Å². The molecule has 1 aliphatic rings. The van der Waals surface area contributed by atoms with Crippen LogP contribution in [-0.4, -0.2) is 55.7 Å². The predicted octanol–water partition coefficient (Wildman–Crippen LogP) is 3.00. The smallest absolute Gasteiger partial charge is 0.387 e. The van der Waals surface area contributed by atoms with E-state index in [4.69, 9.17) is 4.74 Å². The monoisotopic (exact) mass is 426 g/mol. The average Bonchev–Trinajstić information content (AvgIpc) is 3.15. The SMILES string of the molecule is CCNC(=NCc1ccc(OC(F)F)c(OCC)c1)NC1CCN(C(=O)C(C)C)C1. The first-order valence-corrected chi connectivity index (χ1v) is 10.4. The highest BCUT2D eigenvalue weighted by Crippen LogP contribution is 2.30. The topological polar surface area (TPSA) is 75.2 Å². The van der Waals surface area contributed by atoms with Crippen LogP contribution < -0.4 is 20.1 Å². The number of benzene rings is 1. The third kappa shape index (κ3) is 7.03. The van der Waals surface area contributed by atoms with Crippen LogP contribution in [0.15, 0.2) is 23.2 Å². The number of hydrogen-bond acceptors (Lipinski definition) is 4. The molecule has 1 aliphatic heterocycles. The van der Waals surface area contributed by atoms with Gasteiger partial charge in [0.1, 0.15) is 0 Å². The zero-order valence-corrected chi connectivity index (χ0v) is 18.1. The van der Waals surface area contributed by atoms with Gasteiger partial charge in [-0.25, -0.2) is 4.99 Å². The van der Waals surface area contributed by atoms with Crippen LogP contribution in [0.25, 0.3) is 0 Å². The van der Waals surface area contributed by atoms with Gasteiger partial charge in [0.15, 0.2) is 17.5 Å². The molecule has 9 heteroatoms. The highest BCUT2D eigenvalue weighted by atomic mass is 19.3. The quantitative estimate of drug-likeness (QED) is 0.469. The fraction of sp³-hybridized carbons (Fsp3) is 0.619. The van der Waals surface area contributed by atoms with Gasteiger partial charge in [0.25, 0.3) is 0 Å². The maximum absolute atomic E-state index is 12.6. The van der Waals surface area contributed by atoms with E-state index in [-0.39, 0.29) is 29.4 Å². The lowest BCUT2D eigenvalue weighted by Gasteiger charge is -2.20. The summed E-state index contributed by atoms with van der Waals surface area (Å²) < 4.78 is 35.0. The van der Waals surface area contributed by atoms with Gasteiger partial charge in [-0.05, 0) is 38.0 Å². The Morgan fingerprint density at radius 2 is 2.07 bits per heavy atom. The van der Waals surface area contributed by atoms with Crippen LogP contribution >= 0.6 is 0 Å². The van der Waals surface area contributed by atoms with E-state index in [0.717, 1.165) is 18.5 Å². The van der Waals surface area contributed by atoms with Crippen LogP contribution in [0.1, 0.15) is 39.7 Å². The summed E-state index contributed by atoms with van der Waals surface area (Å²) in [6, 6.07) is 4.94. The van der Waals surface area contributed by atoms with Gasteiger partial charge in [-0.2, -0.15) is 8.78 Å². The lowest BCUT2D eigenvalue weighted by Crippen LogP contribution is -2.45. The summed E-state index contributed by atoms with van der Waals surface area (Å²) in [6.07, 6.45) is 0.858. The van der Waals surface area contributed by atoms with Gasteiger partial charge in [-0.15, -0.1) is 0 Å².